The molecule has 3 rings (SSSR count). The maximum atomic E-state index is 14.1. The third-order valence-corrected chi connectivity index (χ3v) is 6.31. The summed E-state index contributed by atoms with van der Waals surface area (Å²) < 4.78 is 44.8. The molecule has 0 bridgehead atoms. The van der Waals surface area contributed by atoms with Crippen molar-refractivity contribution in [2.45, 2.75) is 71.3 Å². The molecule has 2 unspecified atom stereocenters. The van der Waals surface area contributed by atoms with Crippen LogP contribution in [-0.2, 0) is 4.74 Å². The normalized spacial score (nSPS) is 28.1. The smallest absolute Gasteiger partial charge is 0.204 e. The van der Waals surface area contributed by atoms with Crippen LogP contribution in [0.2, 0.25) is 0 Å². The summed E-state index contributed by atoms with van der Waals surface area (Å²) in [5.41, 5.74) is 0. The minimum atomic E-state index is -0.988. The highest BCUT2D eigenvalue weighted by Crippen LogP contribution is 2.37. The molecule has 5 heteroatoms. The summed E-state index contributed by atoms with van der Waals surface area (Å²) in [5.74, 6) is -0.283. The van der Waals surface area contributed by atoms with Crippen molar-refractivity contribution in [3.8, 4) is 11.5 Å². The van der Waals surface area contributed by atoms with Gasteiger partial charge >= 0.3 is 0 Å². The molecule has 0 aromatic heterocycles. The van der Waals surface area contributed by atoms with E-state index in [0.29, 0.717) is 25.2 Å². The molecule has 0 N–H and O–H groups in total. The molecular weight excluding hydrogens is 362 g/mol. The second-order valence-electron chi connectivity index (χ2n) is 8.32. The lowest BCUT2D eigenvalue weighted by atomic mass is 9.76. The van der Waals surface area contributed by atoms with E-state index in [1.165, 1.54) is 50.7 Å². The molecule has 0 spiro atoms. The Labute approximate surface area is 167 Å². The topological polar surface area (TPSA) is 27.7 Å². The summed E-state index contributed by atoms with van der Waals surface area (Å²) in [7, 11) is 0. The third-order valence-electron chi connectivity index (χ3n) is 6.31. The van der Waals surface area contributed by atoms with Crippen LogP contribution in [0.15, 0.2) is 12.1 Å². The molecule has 1 aliphatic heterocycles. The Bertz CT molecular complexity index is 606. The lowest BCUT2D eigenvalue weighted by Gasteiger charge is -2.37. The van der Waals surface area contributed by atoms with Crippen molar-refractivity contribution in [2.75, 3.05) is 19.8 Å². The Morgan fingerprint density at radius 1 is 0.893 bits per heavy atom. The fourth-order valence-electron chi connectivity index (χ4n) is 4.69. The second-order valence-corrected chi connectivity index (χ2v) is 8.32. The zero-order chi connectivity index (χ0) is 19.9. The van der Waals surface area contributed by atoms with Crippen LogP contribution in [0.25, 0.3) is 0 Å². The summed E-state index contributed by atoms with van der Waals surface area (Å²) in [4.78, 5) is 0. The SMILES string of the molecule is CCCC1CCC(C2CCC(COc3ccc(OCC)c(F)c3F)CO2)CC1. The van der Waals surface area contributed by atoms with E-state index < -0.39 is 11.6 Å². The van der Waals surface area contributed by atoms with Gasteiger partial charge in [0.1, 0.15) is 0 Å². The number of halogens is 2. The van der Waals surface area contributed by atoms with Crippen molar-refractivity contribution in [1.29, 1.82) is 0 Å². The lowest BCUT2D eigenvalue weighted by molar-refractivity contribution is -0.0656. The van der Waals surface area contributed by atoms with Gasteiger partial charge in [0.25, 0.3) is 0 Å². The molecule has 1 aromatic rings. The number of rotatable bonds is 8. The second kappa shape index (κ2) is 10.4. The number of benzene rings is 1. The Balaban J connectivity index is 1.42. The first-order valence-corrected chi connectivity index (χ1v) is 11.0. The molecule has 1 aliphatic carbocycles. The van der Waals surface area contributed by atoms with Crippen LogP contribution in [-0.4, -0.2) is 25.9 Å². The molecule has 1 heterocycles. The average molecular weight is 397 g/mol. The average Bonchev–Trinajstić information content (AvgIpc) is 2.72. The first-order valence-electron chi connectivity index (χ1n) is 11.0. The van der Waals surface area contributed by atoms with Crippen molar-refractivity contribution in [2.24, 2.45) is 17.8 Å². The molecule has 0 radical (unpaired) electrons. The molecule has 3 nitrogen and oxygen atoms in total. The molecule has 1 saturated carbocycles. The molecule has 2 aliphatic rings. The van der Waals surface area contributed by atoms with Gasteiger partial charge in [0.2, 0.25) is 11.6 Å². The highest BCUT2D eigenvalue weighted by atomic mass is 19.2. The first kappa shape index (κ1) is 21.4. The number of hydrogen-bond donors (Lipinski definition) is 0. The Hall–Kier alpha value is -1.36. The van der Waals surface area contributed by atoms with Crippen molar-refractivity contribution in [1.82, 2.24) is 0 Å². The van der Waals surface area contributed by atoms with Crippen LogP contribution in [0.3, 0.4) is 0 Å². The van der Waals surface area contributed by atoms with Gasteiger partial charge in [-0.05, 0) is 56.6 Å². The summed E-state index contributed by atoms with van der Waals surface area (Å²) in [6, 6.07) is 2.85. The minimum Gasteiger partial charge on any atom is -0.491 e. The van der Waals surface area contributed by atoms with E-state index in [4.69, 9.17) is 14.2 Å². The molecule has 158 valence electrons. The van der Waals surface area contributed by atoms with Crippen LogP contribution < -0.4 is 9.47 Å². The monoisotopic (exact) mass is 396 g/mol. The summed E-state index contributed by atoms with van der Waals surface area (Å²) in [6.07, 6.45) is 10.3. The van der Waals surface area contributed by atoms with Gasteiger partial charge < -0.3 is 14.2 Å². The molecule has 2 fully saturated rings. The van der Waals surface area contributed by atoms with Gasteiger partial charge in [0.15, 0.2) is 11.5 Å². The van der Waals surface area contributed by atoms with E-state index in [9.17, 15) is 8.78 Å². The fourth-order valence-corrected chi connectivity index (χ4v) is 4.69. The summed E-state index contributed by atoms with van der Waals surface area (Å²) >= 11 is 0. The van der Waals surface area contributed by atoms with Crippen LogP contribution in [0.1, 0.15) is 65.2 Å². The minimum absolute atomic E-state index is 0.0580. The van der Waals surface area contributed by atoms with Crippen LogP contribution in [0.5, 0.6) is 11.5 Å². The third kappa shape index (κ3) is 5.37. The van der Waals surface area contributed by atoms with Gasteiger partial charge in [-0.3, -0.25) is 0 Å². The zero-order valence-electron chi connectivity index (χ0n) is 17.2. The van der Waals surface area contributed by atoms with Gasteiger partial charge in [-0.15, -0.1) is 0 Å². The summed E-state index contributed by atoms with van der Waals surface area (Å²) in [6.45, 7) is 5.28. The maximum absolute atomic E-state index is 14.1. The summed E-state index contributed by atoms with van der Waals surface area (Å²) in [5, 5.41) is 0. The Kier molecular flexibility index (Phi) is 7.95. The van der Waals surface area contributed by atoms with Gasteiger partial charge in [-0.1, -0.05) is 32.6 Å². The van der Waals surface area contributed by atoms with Gasteiger partial charge in [-0.25, -0.2) is 0 Å². The predicted octanol–water partition coefficient (Wildman–Crippen LogP) is 6.14. The van der Waals surface area contributed by atoms with Crippen LogP contribution >= 0.6 is 0 Å². The fraction of sp³-hybridized carbons (Fsp3) is 0.739. The van der Waals surface area contributed by atoms with Crippen LogP contribution in [0, 0.1) is 29.4 Å². The van der Waals surface area contributed by atoms with Crippen molar-refractivity contribution in [3.05, 3.63) is 23.8 Å². The first-order chi connectivity index (χ1) is 13.6. The highest BCUT2D eigenvalue weighted by Gasteiger charge is 2.31. The quantitative estimate of drug-likeness (QED) is 0.528. The van der Waals surface area contributed by atoms with Gasteiger partial charge in [-0.2, -0.15) is 8.78 Å². The van der Waals surface area contributed by atoms with Crippen molar-refractivity contribution < 1.29 is 23.0 Å². The highest BCUT2D eigenvalue weighted by molar-refractivity contribution is 5.35. The van der Waals surface area contributed by atoms with E-state index in [-0.39, 0.29) is 24.0 Å². The maximum Gasteiger partial charge on any atom is 0.204 e. The van der Waals surface area contributed by atoms with Crippen molar-refractivity contribution >= 4 is 0 Å². The molecular formula is C23H34F2O3. The lowest BCUT2D eigenvalue weighted by Crippen LogP contribution is -2.35. The van der Waals surface area contributed by atoms with Crippen molar-refractivity contribution in [3.63, 3.8) is 0 Å². The Morgan fingerprint density at radius 2 is 1.54 bits per heavy atom. The predicted molar refractivity (Wildman–Crippen MR) is 106 cm³/mol. The standard InChI is InChI=1S/C23H34F2O3/c1-3-5-16-6-9-18(10-7-16)19-11-8-17(14-27-19)15-28-21-13-12-20(26-4-2)22(24)23(21)25/h12-13,16-19H,3-11,14-15H2,1-2H3. The van der Waals surface area contributed by atoms with Gasteiger partial charge in [0, 0.05) is 5.92 Å². The zero-order valence-corrected chi connectivity index (χ0v) is 17.2. The Morgan fingerprint density at radius 3 is 2.11 bits per heavy atom. The molecule has 1 saturated heterocycles. The molecule has 2 atom stereocenters. The van der Waals surface area contributed by atoms with Crippen LogP contribution in [0.4, 0.5) is 8.78 Å². The van der Waals surface area contributed by atoms with E-state index in [0.717, 1.165) is 18.8 Å². The molecule has 0 amide bonds. The van der Waals surface area contributed by atoms with E-state index >= 15 is 0 Å². The van der Waals surface area contributed by atoms with E-state index in [1.54, 1.807) is 6.92 Å². The molecule has 1 aromatic carbocycles. The molecule has 28 heavy (non-hydrogen) atoms. The van der Waals surface area contributed by atoms with Gasteiger partial charge in [0.05, 0.1) is 25.9 Å². The van der Waals surface area contributed by atoms with E-state index in [2.05, 4.69) is 6.92 Å². The number of hydrogen-bond acceptors (Lipinski definition) is 3. The van der Waals surface area contributed by atoms with E-state index in [1.807, 2.05) is 0 Å². The largest absolute Gasteiger partial charge is 0.491 e. The number of ether oxygens (including phenoxy) is 3.